The molecule has 2 amide bonds. The number of urea groups is 1. The zero-order chi connectivity index (χ0) is 14.4. The lowest BCUT2D eigenvalue weighted by atomic mass is 10.2. The molecule has 0 heterocycles. The van der Waals surface area contributed by atoms with Crippen LogP contribution >= 0.6 is 23.2 Å². The van der Waals surface area contributed by atoms with E-state index in [-0.39, 0.29) is 0 Å². The molecule has 0 aliphatic carbocycles. The average Bonchev–Trinajstić information content (AvgIpc) is 2.44. The van der Waals surface area contributed by atoms with Crippen LogP contribution in [0.3, 0.4) is 0 Å². The Morgan fingerprint density at radius 1 is 1.05 bits per heavy atom. The van der Waals surface area contributed by atoms with Gasteiger partial charge in [-0.1, -0.05) is 47.5 Å². The van der Waals surface area contributed by atoms with Crippen LogP contribution in [0.1, 0.15) is 5.56 Å². The minimum absolute atomic E-state index is 0.424. The second kappa shape index (κ2) is 6.93. The van der Waals surface area contributed by atoms with Gasteiger partial charge in [-0.2, -0.15) is 5.10 Å². The van der Waals surface area contributed by atoms with E-state index in [0.29, 0.717) is 15.7 Å². The fraction of sp³-hybridized carbons (Fsp3) is 0. The maximum atomic E-state index is 11.5. The number of rotatable bonds is 3. The normalized spacial score (nSPS) is 10.5. The summed E-state index contributed by atoms with van der Waals surface area (Å²) < 4.78 is 0. The summed E-state index contributed by atoms with van der Waals surface area (Å²) in [4.78, 5) is 11.5. The molecule has 0 atom stereocenters. The van der Waals surface area contributed by atoms with Gasteiger partial charge in [0.2, 0.25) is 0 Å². The summed E-state index contributed by atoms with van der Waals surface area (Å²) in [6, 6.07) is 13.7. The predicted molar refractivity (Wildman–Crippen MR) is 82.7 cm³/mol. The number of para-hydroxylation sites is 1. The van der Waals surface area contributed by atoms with Gasteiger partial charge in [-0.3, -0.25) is 0 Å². The Hall–Kier alpha value is -2.04. The van der Waals surface area contributed by atoms with E-state index in [0.717, 1.165) is 5.56 Å². The van der Waals surface area contributed by atoms with Crippen LogP contribution in [0.5, 0.6) is 0 Å². The Morgan fingerprint density at radius 3 is 2.50 bits per heavy atom. The summed E-state index contributed by atoms with van der Waals surface area (Å²) in [7, 11) is 0. The first kappa shape index (κ1) is 14.4. The summed E-state index contributed by atoms with van der Waals surface area (Å²) in [5.74, 6) is 0. The molecule has 0 saturated heterocycles. The lowest BCUT2D eigenvalue weighted by molar-refractivity contribution is 0.252. The van der Waals surface area contributed by atoms with Crippen molar-refractivity contribution in [3.05, 3.63) is 64.1 Å². The SMILES string of the molecule is O=C(NN=Cc1ccc(Cl)c(Cl)c1)Nc1ccccc1. The number of benzene rings is 2. The van der Waals surface area contributed by atoms with Crippen LogP contribution < -0.4 is 10.7 Å². The molecule has 0 saturated carbocycles. The monoisotopic (exact) mass is 307 g/mol. The van der Waals surface area contributed by atoms with Gasteiger partial charge in [0.25, 0.3) is 0 Å². The van der Waals surface area contributed by atoms with E-state index in [1.54, 1.807) is 30.3 Å². The van der Waals surface area contributed by atoms with Gasteiger partial charge < -0.3 is 5.32 Å². The molecule has 0 aromatic heterocycles. The molecule has 0 aliphatic heterocycles. The summed E-state index contributed by atoms with van der Waals surface area (Å²) in [5.41, 5.74) is 3.78. The third-order valence-electron chi connectivity index (χ3n) is 2.36. The Bertz CT molecular complexity index is 630. The number of carbonyl (C=O) groups is 1. The van der Waals surface area contributed by atoms with Gasteiger partial charge >= 0.3 is 6.03 Å². The predicted octanol–water partition coefficient (Wildman–Crippen LogP) is 4.15. The Morgan fingerprint density at radius 2 is 1.80 bits per heavy atom. The number of hydrogen-bond donors (Lipinski definition) is 2. The first-order valence-corrected chi connectivity index (χ1v) is 6.51. The standard InChI is InChI=1S/C14H11Cl2N3O/c15-12-7-6-10(8-13(12)16)9-17-19-14(20)18-11-4-2-1-3-5-11/h1-9H,(H2,18,19,20). The smallest absolute Gasteiger partial charge is 0.307 e. The lowest BCUT2D eigenvalue weighted by Gasteiger charge is -2.03. The number of nitrogens with one attached hydrogen (secondary N) is 2. The minimum Gasteiger partial charge on any atom is -0.307 e. The molecule has 2 N–H and O–H groups in total. The summed E-state index contributed by atoms with van der Waals surface area (Å²) in [6.45, 7) is 0. The zero-order valence-electron chi connectivity index (χ0n) is 10.3. The highest BCUT2D eigenvalue weighted by atomic mass is 35.5. The third-order valence-corrected chi connectivity index (χ3v) is 3.09. The summed E-state index contributed by atoms with van der Waals surface area (Å²) in [5, 5.41) is 7.36. The van der Waals surface area contributed by atoms with E-state index in [9.17, 15) is 4.79 Å². The molecule has 6 heteroatoms. The number of anilines is 1. The van der Waals surface area contributed by atoms with Crippen LogP contribution in [0.25, 0.3) is 0 Å². The van der Waals surface area contributed by atoms with Gasteiger partial charge in [0, 0.05) is 5.69 Å². The molecule has 0 unspecified atom stereocenters. The number of hydrazone groups is 1. The van der Waals surface area contributed by atoms with Crippen molar-refractivity contribution in [2.75, 3.05) is 5.32 Å². The van der Waals surface area contributed by atoms with E-state index in [1.807, 2.05) is 18.2 Å². The topological polar surface area (TPSA) is 53.5 Å². The fourth-order valence-electron chi connectivity index (χ4n) is 1.44. The second-order valence-corrected chi connectivity index (χ2v) is 4.68. The van der Waals surface area contributed by atoms with Crippen molar-refractivity contribution in [2.24, 2.45) is 5.10 Å². The number of nitrogens with zero attached hydrogens (tertiary/aromatic N) is 1. The Labute approximate surface area is 126 Å². The molecule has 102 valence electrons. The van der Waals surface area contributed by atoms with Crippen molar-refractivity contribution >= 4 is 41.1 Å². The van der Waals surface area contributed by atoms with E-state index in [4.69, 9.17) is 23.2 Å². The van der Waals surface area contributed by atoms with E-state index >= 15 is 0 Å². The van der Waals surface area contributed by atoms with Crippen LogP contribution in [0.15, 0.2) is 53.6 Å². The first-order valence-electron chi connectivity index (χ1n) is 5.75. The molecular formula is C14H11Cl2N3O. The molecule has 0 bridgehead atoms. The zero-order valence-corrected chi connectivity index (χ0v) is 11.8. The van der Waals surface area contributed by atoms with Crippen molar-refractivity contribution in [1.29, 1.82) is 0 Å². The molecule has 0 aliphatic rings. The molecular weight excluding hydrogens is 297 g/mol. The fourth-order valence-corrected chi connectivity index (χ4v) is 1.75. The molecule has 0 fully saturated rings. The number of carbonyl (C=O) groups excluding carboxylic acids is 1. The molecule has 0 radical (unpaired) electrons. The van der Waals surface area contributed by atoms with Gasteiger partial charge in [-0.15, -0.1) is 0 Å². The summed E-state index contributed by atoms with van der Waals surface area (Å²) in [6.07, 6.45) is 1.48. The largest absolute Gasteiger partial charge is 0.339 e. The van der Waals surface area contributed by atoms with Crippen LogP contribution in [-0.4, -0.2) is 12.2 Å². The van der Waals surface area contributed by atoms with Crippen molar-refractivity contribution in [2.45, 2.75) is 0 Å². The molecule has 4 nitrogen and oxygen atoms in total. The molecule has 0 spiro atoms. The Balaban J connectivity index is 1.89. The third kappa shape index (κ3) is 4.26. The van der Waals surface area contributed by atoms with Crippen molar-refractivity contribution in [3.8, 4) is 0 Å². The van der Waals surface area contributed by atoms with Crippen LogP contribution in [0.2, 0.25) is 10.0 Å². The maximum Gasteiger partial charge on any atom is 0.339 e. The highest BCUT2D eigenvalue weighted by molar-refractivity contribution is 6.42. The van der Waals surface area contributed by atoms with Crippen molar-refractivity contribution in [3.63, 3.8) is 0 Å². The van der Waals surface area contributed by atoms with E-state index in [2.05, 4.69) is 15.8 Å². The second-order valence-electron chi connectivity index (χ2n) is 3.86. The van der Waals surface area contributed by atoms with Gasteiger partial charge in [0.05, 0.1) is 16.3 Å². The van der Waals surface area contributed by atoms with Crippen molar-refractivity contribution < 1.29 is 4.79 Å². The van der Waals surface area contributed by atoms with Gasteiger partial charge in [-0.05, 0) is 29.8 Å². The van der Waals surface area contributed by atoms with E-state index < -0.39 is 6.03 Å². The quantitative estimate of drug-likeness (QED) is 0.649. The lowest BCUT2D eigenvalue weighted by Crippen LogP contribution is -2.24. The Kier molecular flexibility index (Phi) is 4.98. The summed E-state index contributed by atoms with van der Waals surface area (Å²) >= 11 is 11.7. The highest BCUT2D eigenvalue weighted by Crippen LogP contribution is 2.21. The van der Waals surface area contributed by atoms with Crippen LogP contribution in [0, 0.1) is 0 Å². The number of halogens is 2. The van der Waals surface area contributed by atoms with Gasteiger partial charge in [0.1, 0.15) is 0 Å². The molecule has 20 heavy (non-hydrogen) atoms. The first-order chi connectivity index (χ1) is 9.65. The van der Waals surface area contributed by atoms with Crippen LogP contribution in [-0.2, 0) is 0 Å². The average molecular weight is 308 g/mol. The number of hydrogen-bond acceptors (Lipinski definition) is 2. The molecule has 2 rings (SSSR count). The minimum atomic E-state index is -0.424. The van der Waals surface area contributed by atoms with Crippen LogP contribution in [0.4, 0.5) is 10.5 Å². The van der Waals surface area contributed by atoms with E-state index in [1.165, 1.54) is 6.21 Å². The number of amides is 2. The van der Waals surface area contributed by atoms with Crippen molar-refractivity contribution in [1.82, 2.24) is 5.43 Å². The molecule has 2 aromatic rings. The highest BCUT2D eigenvalue weighted by Gasteiger charge is 1.99. The molecule has 2 aromatic carbocycles. The van der Waals surface area contributed by atoms with Gasteiger partial charge in [-0.25, -0.2) is 10.2 Å². The maximum absolute atomic E-state index is 11.5. The van der Waals surface area contributed by atoms with Gasteiger partial charge in [0.15, 0.2) is 0 Å².